The minimum Gasteiger partial charge on any atom is -0.0911 e. The van der Waals surface area contributed by atoms with E-state index in [0.717, 1.165) is 15.5 Å². The Kier molecular flexibility index (Phi) is 6.81. The lowest BCUT2D eigenvalue weighted by molar-refractivity contribution is 1.48. The number of halogens is 1. The Morgan fingerprint density at radius 2 is 1.93 bits per heavy atom. The maximum Gasteiger partial charge on any atom is 0.0412 e. The zero-order valence-electron chi connectivity index (χ0n) is 9.97. The highest BCUT2D eigenvalue weighted by Gasteiger charge is 1.89. The van der Waals surface area contributed by atoms with Crippen molar-refractivity contribution in [1.29, 1.82) is 0 Å². The second-order valence-corrected chi connectivity index (χ2v) is 3.42. The van der Waals surface area contributed by atoms with Crippen LogP contribution in [0.15, 0.2) is 30.4 Å². The largest absolute Gasteiger partial charge is 0.0911 e. The van der Waals surface area contributed by atoms with Crippen molar-refractivity contribution in [1.82, 2.24) is 0 Å². The number of benzene rings is 1. The minimum atomic E-state index is 0.738. The lowest BCUT2D eigenvalue weighted by Gasteiger charge is -1.94. The predicted molar refractivity (Wildman–Crippen MR) is 71.5 cm³/mol. The molecule has 0 heterocycles. The monoisotopic (exact) mass is 222 g/mol. The van der Waals surface area contributed by atoms with E-state index in [1.54, 1.807) is 0 Å². The molecule has 0 unspecified atom stereocenters. The Labute approximate surface area is 97.6 Å². The molecule has 0 N–H and O–H groups in total. The van der Waals surface area contributed by atoms with Gasteiger partial charge in [0, 0.05) is 5.02 Å². The van der Waals surface area contributed by atoms with Gasteiger partial charge in [0.1, 0.15) is 0 Å². The summed E-state index contributed by atoms with van der Waals surface area (Å²) in [6, 6.07) is 5.77. The first kappa shape index (κ1) is 14.0. The van der Waals surface area contributed by atoms with Gasteiger partial charge in [-0.25, -0.2) is 0 Å². The quantitative estimate of drug-likeness (QED) is 0.682. The van der Waals surface area contributed by atoms with Crippen molar-refractivity contribution in [3.63, 3.8) is 0 Å². The zero-order valence-corrected chi connectivity index (χ0v) is 10.7. The van der Waals surface area contributed by atoms with Gasteiger partial charge < -0.3 is 0 Å². The molecule has 0 bridgehead atoms. The van der Waals surface area contributed by atoms with Crippen LogP contribution in [-0.4, -0.2) is 0 Å². The first-order valence-corrected chi connectivity index (χ1v) is 5.61. The van der Waals surface area contributed by atoms with Gasteiger partial charge in [-0.15, -0.1) is 0 Å². The SMILES string of the molecule is C=c1cc(Cl)cc/c1=C(C)/C=C\C.CC. The molecule has 1 aromatic carbocycles. The Morgan fingerprint density at radius 1 is 1.33 bits per heavy atom. The van der Waals surface area contributed by atoms with Gasteiger partial charge in [-0.3, -0.25) is 0 Å². The summed E-state index contributed by atoms with van der Waals surface area (Å²) in [6.07, 6.45) is 4.08. The third kappa shape index (κ3) is 4.35. The van der Waals surface area contributed by atoms with Crippen molar-refractivity contribution in [2.75, 3.05) is 0 Å². The van der Waals surface area contributed by atoms with E-state index in [1.807, 2.05) is 45.0 Å². The van der Waals surface area contributed by atoms with Crippen LogP contribution in [0.4, 0.5) is 0 Å². The van der Waals surface area contributed by atoms with Gasteiger partial charge in [0.15, 0.2) is 0 Å². The average molecular weight is 223 g/mol. The van der Waals surface area contributed by atoms with Gasteiger partial charge in [-0.2, -0.15) is 0 Å². The van der Waals surface area contributed by atoms with Crippen molar-refractivity contribution in [2.24, 2.45) is 0 Å². The molecular weight excluding hydrogens is 204 g/mol. The second kappa shape index (κ2) is 7.30. The number of hydrogen-bond acceptors (Lipinski definition) is 0. The van der Waals surface area contributed by atoms with Crippen LogP contribution in [-0.2, 0) is 0 Å². The Bertz CT molecular complexity index is 427. The Balaban J connectivity index is 0.000000921. The third-order valence-electron chi connectivity index (χ3n) is 1.91. The van der Waals surface area contributed by atoms with Crippen molar-refractivity contribution in [3.05, 3.63) is 45.8 Å². The summed E-state index contributed by atoms with van der Waals surface area (Å²) in [5.74, 6) is 0. The molecule has 0 saturated heterocycles. The van der Waals surface area contributed by atoms with Crippen LogP contribution in [0.3, 0.4) is 0 Å². The van der Waals surface area contributed by atoms with Crippen LogP contribution < -0.4 is 10.4 Å². The summed E-state index contributed by atoms with van der Waals surface area (Å²) in [5.41, 5.74) is 1.21. The summed E-state index contributed by atoms with van der Waals surface area (Å²) in [7, 11) is 0. The highest BCUT2D eigenvalue weighted by molar-refractivity contribution is 6.30. The zero-order chi connectivity index (χ0) is 11.8. The summed E-state index contributed by atoms with van der Waals surface area (Å²) < 4.78 is 0. The summed E-state index contributed by atoms with van der Waals surface area (Å²) in [5, 5.41) is 2.87. The molecule has 0 radical (unpaired) electrons. The molecule has 1 heteroatoms. The molecule has 0 spiro atoms. The fraction of sp³-hybridized carbons (Fsp3) is 0.286. The van der Waals surface area contributed by atoms with E-state index in [4.69, 9.17) is 11.6 Å². The van der Waals surface area contributed by atoms with Crippen LogP contribution in [0.2, 0.25) is 5.02 Å². The number of rotatable bonds is 1. The van der Waals surface area contributed by atoms with Crippen molar-refractivity contribution in [3.8, 4) is 0 Å². The third-order valence-corrected chi connectivity index (χ3v) is 2.14. The van der Waals surface area contributed by atoms with Gasteiger partial charge in [-0.05, 0) is 42.0 Å². The van der Waals surface area contributed by atoms with E-state index in [9.17, 15) is 0 Å². The van der Waals surface area contributed by atoms with Crippen LogP contribution in [0.5, 0.6) is 0 Å². The smallest absolute Gasteiger partial charge is 0.0412 e. The summed E-state index contributed by atoms with van der Waals surface area (Å²) >= 11 is 5.83. The lowest BCUT2D eigenvalue weighted by Crippen LogP contribution is -2.24. The number of allylic oxidation sites excluding steroid dienone is 2. The van der Waals surface area contributed by atoms with Gasteiger partial charge in [0.2, 0.25) is 0 Å². The Morgan fingerprint density at radius 3 is 2.40 bits per heavy atom. The summed E-state index contributed by atoms with van der Waals surface area (Å²) in [4.78, 5) is 0. The standard InChI is InChI=1S/C12H13Cl.C2H6/c1-4-5-9(2)12-7-6-11(13)8-10(12)3;1-2/h4-8H,3H2,1-2H3;1-2H3/b5-4-,12-9-;. The predicted octanol–water partition coefficient (Wildman–Crippen LogP) is 3.52. The molecule has 0 aliphatic carbocycles. The fourth-order valence-corrected chi connectivity index (χ4v) is 1.48. The van der Waals surface area contributed by atoms with E-state index in [0.29, 0.717) is 0 Å². The molecule has 0 nitrogen and oxygen atoms in total. The van der Waals surface area contributed by atoms with Crippen molar-refractivity contribution >= 4 is 23.8 Å². The van der Waals surface area contributed by atoms with Gasteiger partial charge in [0.25, 0.3) is 0 Å². The fourth-order valence-electron chi connectivity index (χ4n) is 1.29. The molecule has 0 amide bonds. The van der Waals surface area contributed by atoms with Crippen molar-refractivity contribution in [2.45, 2.75) is 27.7 Å². The second-order valence-electron chi connectivity index (χ2n) is 2.98. The molecule has 0 aliphatic rings. The van der Waals surface area contributed by atoms with E-state index in [1.165, 1.54) is 5.57 Å². The van der Waals surface area contributed by atoms with E-state index < -0.39 is 0 Å². The van der Waals surface area contributed by atoms with Gasteiger partial charge in [-0.1, -0.05) is 50.2 Å². The van der Waals surface area contributed by atoms with Gasteiger partial charge >= 0.3 is 0 Å². The maximum absolute atomic E-state index is 5.83. The first-order chi connectivity index (χ1) is 7.15. The minimum absolute atomic E-state index is 0.738. The van der Waals surface area contributed by atoms with Gasteiger partial charge in [0.05, 0.1) is 0 Å². The van der Waals surface area contributed by atoms with E-state index in [-0.39, 0.29) is 0 Å². The molecule has 1 aromatic rings. The normalized spacial score (nSPS) is 12.1. The molecule has 1 rings (SSSR count). The van der Waals surface area contributed by atoms with Crippen molar-refractivity contribution < 1.29 is 0 Å². The van der Waals surface area contributed by atoms with Crippen LogP contribution in [0.1, 0.15) is 27.7 Å². The van der Waals surface area contributed by atoms with Crippen LogP contribution >= 0.6 is 11.6 Å². The molecule has 0 fully saturated rings. The lowest BCUT2D eigenvalue weighted by atomic mass is 10.1. The highest BCUT2D eigenvalue weighted by Crippen LogP contribution is 2.00. The molecule has 0 saturated carbocycles. The topological polar surface area (TPSA) is 0 Å². The highest BCUT2D eigenvalue weighted by atomic mass is 35.5. The maximum atomic E-state index is 5.83. The molecule has 82 valence electrons. The molecule has 0 aromatic heterocycles. The molecule has 15 heavy (non-hydrogen) atoms. The van der Waals surface area contributed by atoms with Crippen LogP contribution in [0, 0.1) is 0 Å². The first-order valence-electron chi connectivity index (χ1n) is 5.23. The van der Waals surface area contributed by atoms with E-state index in [2.05, 4.69) is 19.6 Å². The van der Waals surface area contributed by atoms with E-state index >= 15 is 0 Å². The average Bonchev–Trinajstić information content (AvgIpc) is 2.21. The molecule has 0 aliphatic heterocycles. The number of hydrogen-bond donors (Lipinski definition) is 0. The summed E-state index contributed by atoms with van der Waals surface area (Å²) in [6.45, 7) is 12.0. The molecular formula is C14H19Cl. The Hall–Kier alpha value is -1.01. The van der Waals surface area contributed by atoms with Crippen LogP contribution in [0.25, 0.3) is 12.2 Å². The molecule has 0 atom stereocenters.